The smallest absolute Gasteiger partial charge is 0.407 e. The molecule has 1 fully saturated rings. The number of carbonyl (C=O) groups excluding carboxylic acids is 1. The van der Waals surface area contributed by atoms with E-state index >= 15 is 0 Å². The van der Waals surface area contributed by atoms with Gasteiger partial charge in [-0.2, -0.15) is 0 Å². The van der Waals surface area contributed by atoms with Crippen molar-refractivity contribution in [2.24, 2.45) is 0 Å². The fourth-order valence-electron chi connectivity index (χ4n) is 2.17. The molecule has 21 heavy (non-hydrogen) atoms. The van der Waals surface area contributed by atoms with Gasteiger partial charge >= 0.3 is 12.1 Å². The second-order valence-corrected chi connectivity index (χ2v) is 5.02. The molecule has 0 aliphatic carbocycles. The molecule has 7 nitrogen and oxygen atoms in total. The Kier molecular flexibility index (Phi) is 4.32. The van der Waals surface area contributed by atoms with Crippen LogP contribution >= 0.6 is 11.6 Å². The van der Waals surface area contributed by atoms with Crippen LogP contribution in [0.1, 0.15) is 10.4 Å². The number of benzene rings is 1. The van der Waals surface area contributed by atoms with E-state index in [2.05, 4.69) is 0 Å². The highest BCUT2D eigenvalue weighted by Crippen LogP contribution is 2.17. The van der Waals surface area contributed by atoms with Gasteiger partial charge in [-0.15, -0.1) is 0 Å². The van der Waals surface area contributed by atoms with Crippen LogP contribution in [-0.4, -0.2) is 63.7 Å². The summed E-state index contributed by atoms with van der Waals surface area (Å²) in [5, 5.41) is 18.6. The minimum Gasteiger partial charge on any atom is -0.480 e. The van der Waals surface area contributed by atoms with Gasteiger partial charge in [-0.05, 0) is 24.3 Å². The van der Waals surface area contributed by atoms with Gasteiger partial charge in [-0.25, -0.2) is 9.59 Å². The van der Waals surface area contributed by atoms with Crippen LogP contribution in [0.25, 0.3) is 0 Å². The van der Waals surface area contributed by atoms with E-state index in [-0.39, 0.29) is 19.6 Å². The number of carboxylic acid groups (broad SMARTS) is 2. The van der Waals surface area contributed by atoms with Crippen molar-refractivity contribution in [3.8, 4) is 0 Å². The predicted octanol–water partition coefficient (Wildman–Crippen LogP) is 1.23. The van der Waals surface area contributed by atoms with Crippen molar-refractivity contribution in [2.45, 2.75) is 6.04 Å². The van der Waals surface area contributed by atoms with Gasteiger partial charge < -0.3 is 20.0 Å². The Morgan fingerprint density at radius 3 is 2.24 bits per heavy atom. The van der Waals surface area contributed by atoms with Crippen molar-refractivity contribution in [2.75, 3.05) is 19.6 Å². The van der Waals surface area contributed by atoms with Crippen LogP contribution in [0.3, 0.4) is 0 Å². The molecule has 1 aromatic carbocycles. The number of carbonyl (C=O) groups is 3. The van der Waals surface area contributed by atoms with E-state index < -0.39 is 24.0 Å². The van der Waals surface area contributed by atoms with Crippen LogP contribution < -0.4 is 0 Å². The number of piperazine rings is 1. The van der Waals surface area contributed by atoms with E-state index in [1.54, 1.807) is 0 Å². The highest BCUT2D eigenvalue weighted by atomic mass is 35.5. The predicted molar refractivity (Wildman–Crippen MR) is 73.5 cm³/mol. The highest BCUT2D eigenvalue weighted by Gasteiger charge is 2.37. The summed E-state index contributed by atoms with van der Waals surface area (Å²) in [5.41, 5.74) is 0.314. The number of aliphatic carboxylic acids is 1. The molecule has 1 heterocycles. The molecule has 1 aromatic rings. The fraction of sp³-hybridized carbons (Fsp3) is 0.308. The molecule has 1 aliphatic rings. The van der Waals surface area contributed by atoms with Gasteiger partial charge in [0.2, 0.25) is 0 Å². The van der Waals surface area contributed by atoms with Crippen molar-refractivity contribution in [3.05, 3.63) is 34.9 Å². The number of halogens is 1. The Bertz CT molecular complexity index is 574. The number of rotatable bonds is 2. The summed E-state index contributed by atoms with van der Waals surface area (Å²) >= 11 is 5.74. The molecule has 8 heteroatoms. The largest absolute Gasteiger partial charge is 0.480 e. The zero-order valence-electron chi connectivity index (χ0n) is 10.9. The van der Waals surface area contributed by atoms with Crippen LogP contribution in [0.2, 0.25) is 5.02 Å². The van der Waals surface area contributed by atoms with Crippen molar-refractivity contribution < 1.29 is 24.6 Å². The van der Waals surface area contributed by atoms with Crippen LogP contribution in [0.15, 0.2) is 24.3 Å². The molecule has 1 saturated heterocycles. The molecule has 0 aromatic heterocycles. The summed E-state index contributed by atoms with van der Waals surface area (Å²) < 4.78 is 0. The van der Waals surface area contributed by atoms with Gasteiger partial charge in [0.05, 0.1) is 6.54 Å². The van der Waals surface area contributed by atoms with Gasteiger partial charge in [-0.1, -0.05) is 11.6 Å². The molecule has 0 bridgehead atoms. The summed E-state index contributed by atoms with van der Waals surface area (Å²) in [6, 6.07) is 4.90. The van der Waals surface area contributed by atoms with Crippen LogP contribution in [-0.2, 0) is 4.79 Å². The topological polar surface area (TPSA) is 98.2 Å². The Morgan fingerprint density at radius 2 is 1.71 bits per heavy atom. The Labute approximate surface area is 125 Å². The van der Waals surface area contributed by atoms with Crippen molar-refractivity contribution in [3.63, 3.8) is 0 Å². The third-order valence-corrected chi connectivity index (χ3v) is 3.54. The normalized spacial score (nSPS) is 18.4. The Balaban J connectivity index is 2.21. The molecule has 0 spiro atoms. The number of hydrogen-bond donors (Lipinski definition) is 2. The quantitative estimate of drug-likeness (QED) is 0.856. The zero-order chi connectivity index (χ0) is 15.6. The van der Waals surface area contributed by atoms with Crippen LogP contribution in [0, 0.1) is 0 Å². The minimum absolute atomic E-state index is 0.0325. The molecule has 1 aliphatic heterocycles. The molecule has 2 rings (SSSR count). The lowest BCUT2D eigenvalue weighted by atomic mass is 10.1. The van der Waals surface area contributed by atoms with Gasteiger partial charge in [0, 0.05) is 23.7 Å². The Hall–Kier alpha value is -2.28. The second-order valence-electron chi connectivity index (χ2n) is 4.59. The van der Waals surface area contributed by atoms with Crippen LogP contribution in [0.4, 0.5) is 4.79 Å². The number of amides is 2. The first-order valence-corrected chi connectivity index (χ1v) is 6.55. The van der Waals surface area contributed by atoms with Gasteiger partial charge in [0.1, 0.15) is 6.04 Å². The van der Waals surface area contributed by atoms with Crippen molar-refractivity contribution in [1.29, 1.82) is 0 Å². The molecule has 0 unspecified atom stereocenters. The van der Waals surface area contributed by atoms with E-state index in [1.165, 1.54) is 29.2 Å². The lowest BCUT2D eigenvalue weighted by Crippen LogP contribution is -2.59. The molecule has 0 radical (unpaired) electrons. The van der Waals surface area contributed by atoms with Crippen LogP contribution in [0.5, 0.6) is 0 Å². The minimum atomic E-state index is -1.23. The lowest BCUT2D eigenvalue weighted by molar-refractivity contribution is -0.144. The van der Waals surface area contributed by atoms with Gasteiger partial charge in [0.15, 0.2) is 0 Å². The monoisotopic (exact) mass is 312 g/mol. The molecule has 0 saturated carbocycles. The summed E-state index contributed by atoms with van der Waals surface area (Å²) in [7, 11) is 0. The maximum absolute atomic E-state index is 12.4. The number of carboxylic acids is 1. The first-order valence-electron chi connectivity index (χ1n) is 6.17. The van der Waals surface area contributed by atoms with E-state index in [9.17, 15) is 19.5 Å². The summed E-state index contributed by atoms with van der Waals surface area (Å²) in [6.07, 6.45) is -1.19. The number of hydrogen-bond acceptors (Lipinski definition) is 3. The number of nitrogens with zero attached hydrogens (tertiary/aromatic N) is 2. The standard InChI is InChI=1S/C13H13ClN2O5/c14-9-3-1-8(2-4-9)11(17)16-6-5-15(13(20)21)7-10(16)12(18)19/h1-4,10H,5-7H2,(H,18,19)(H,20,21)/t10-/m0/s1. The van der Waals surface area contributed by atoms with Crippen molar-refractivity contribution >= 4 is 29.6 Å². The molecule has 2 N–H and O–H groups in total. The van der Waals surface area contributed by atoms with E-state index in [0.717, 1.165) is 4.90 Å². The first kappa shape index (κ1) is 15.1. The maximum Gasteiger partial charge on any atom is 0.407 e. The third-order valence-electron chi connectivity index (χ3n) is 3.29. The second kappa shape index (κ2) is 6.01. The molecular formula is C13H13ClN2O5. The van der Waals surface area contributed by atoms with E-state index in [4.69, 9.17) is 16.7 Å². The zero-order valence-corrected chi connectivity index (χ0v) is 11.7. The maximum atomic E-state index is 12.4. The molecule has 2 amide bonds. The fourth-order valence-corrected chi connectivity index (χ4v) is 2.30. The lowest BCUT2D eigenvalue weighted by Gasteiger charge is -2.38. The third kappa shape index (κ3) is 3.25. The summed E-state index contributed by atoms with van der Waals surface area (Å²) in [6.45, 7) is -0.132. The van der Waals surface area contributed by atoms with Crippen molar-refractivity contribution in [1.82, 2.24) is 9.80 Å². The molecule has 112 valence electrons. The summed E-state index contributed by atoms with van der Waals surface area (Å²) in [4.78, 5) is 36.7. The highest BCUT2D eigenvalue weighted by molar-refractivity contribution is 6.30. The summed E-state index contributed by atoms with van der Waals surface area (Å²) in [5.74, 6) is -1.69. The van der Waals surface area contributed by atoms with E-state index in [0.29, 0.717) is 10.6 Å². The SMILES string of the molecule is O=C(O)[C@@H]1CN(C(=O)O)CCN1C(=O)c1ccc(Cl)cc1. The van der Waals surface area contributed by atoms with Gasteiger partial charge in [0.25, 0.3) is 5.91 Å². The molecular weight excluding hydrogens is 300 g/mol. The molecule has 1 atom stereocenters. The average Bonchev–Trinajstić information content (AvgIpc) is 2.46. The van der Waals surface area contributed by atoms with E-state index in [1.807, 2.05) is 0 Å². The first-order chi connectivity index (χ1) is 9.90. The average molecular weight is 313 g/mol. The Morgan fingerprint density at radius 1 is 1.10 bits per heavy atom. The van der Waals surface area contributed by atoms with Gasteiger partial charge in [-0.3, -0.25) is 4.79 Å².